The number of amides is 2. The van der Waals surface area contributed by atoms with Crippen molar-refractivity contribution in [1.29, 1.82) is 0 Å². The molecule has 0 unspecified atom stereocenters. The quantitative estimate of drug-likeness (QED) is 0.639. The molecule has 0 heterocycles. The number of thioether (sulfide) groups is 1. The Morgan fingerprint density at radius 3 is 2.07 bits per heavy atom. The van der Waals surface area contributed by atoms with Gasteiger partial charge < -0.3 is 15.4 Å². The summed E-state index contributed by atoms with van der Waals surface area (Å²) in [6, 6.07) is 9.49. The number of rotatable bonds is 8. The topological polar surface area (TPSA) is 67.4 Å². The molecule has 0 radical (unpaired) electrons. The number of benzene rings is 1. The molecule has 2 atom stereocenters. The predicted octanol–water partition coefficient (Wildman–Crippen LogP) is 4.47. The van der Waals surface area contributed by atoms with Crippen LogP contribution < -0.4 is 10.6 Å². The smallest absolute Gasteiger partial charge is 0.408 e. The molecule has 0 spiro atoms. The van der Waals surface area contributed by atoms with Crippen molar-refractivity contribution < 1.29 is 14.3 Å². The van der Waals surface area contributed by atoms with Crippen LogP contribution in [0.1, 0.15) is 48.5 Å². The normalized spacial score (nSPS) is 14.0. The molecule has 0 bridgehead atoms. The van der Waals surface area contributed by atoms with Gasteiger partial charge in [-0.1, -0.05) is 45.9 Å². The van der Waals surface area contributed by atoms with Gasteiger partial charge in [-0.2, -0.15) is 0 Å². The lowest BCUT2D eigenvalue weighted by Crippen LogP contribution is -2.54. The third-order valence-corrected chi connectivity index (χ3v) is 5.06. The van der Waals surface area contributed by atoms with E-state index in [-0.39, 0.29) is 23.8 Å². The van der Waals surface area contributed by atoms with Crippen molar-refractivity contribution in [2.75, 3.05) is 5.75 Å². The molecule has 1 aromatic carbocycles. The summed E-state index contributed by atoms with van der Waals surface area (Å²) < 4.78 is 5.29. The molecule has 1 rings (SSSR count). The summed E-state index contributed by atoms with van der Waals surface area (Å²) in [5.41, 5.74) is -0.602. The Morgan fingerprint density at radius 2 is 1.59 bits per heavy atom. The Bertz CT molecular complexity index is 597. The first-order valence-corrected chi connectivity index (χ1v) is 10.5. The van der Waals surface area contributed by atoms with Crippen LogP contribution in [-0.2, 0) is 9.53 Å². The van der Waals surface area contributed by atoms with Crippen molar-refractivity contribution in [3.05, 3.63) is 30.3 Å². The molecule has 0 saturated heterocycles. The van der Waals surface area contributed by atoms with Gasteiger partial charge in [0.05, 0.1) is 0 Å². The van der Waals surface area contributed by atoms with Crippen LogP contribution in [-0.4, -0.2) is 35.4 Å². The van der Waals surface area contributed by atoms with Crippen LogP contribution >= 0.6 is 11.8 Å². The molecule has 152 valence electrons. The Labute approximate surface area is 168 Å². The van der Waals surface area contributed by atoms with Crippen molar-refractivity contribution >= 4 is 23.8 Å². The largest absolute Gasteiger partial charge is 0.444 e. The van der Waals surface area contributed by atoms with Gasteiger partial charge in [0.1, 0.15) is 11.6 Å². The molecular weight excluding hydrogens is 360 g/mol. The molecule has 0 saturated carbocycles. The summed E-state index contributed by atoms with van der Waals surface area (Å²) in [5, 5.41) is 5.82. The Morgan fingerprint density at radius 1 is 1.00 bits per heavy atom. The van der Waals surface area contributed by atoms with Gasteiger partial charge in [-0.15, -0.1) is 11.8 Å². The molecule has 0 aromatic heterocycles. The molecular formula is C21H34N2O3S. The highest BCUT2D eigenvalue weighted by molar-refractivity contribution is 7.99. The van der Waals surface area contributed by atoms with E-state index >= 15 is 0 Å². The number of carbonyl (C=O) groups is 2. The van der Waals surface area contributed by atoms with Crippen LogP contribution in [0.5, 0.6) is 0 Å². The monoisotopic (exact) mass is 394 g/mol. The zero-order valence-corrected chi connectivity index (χ0v) is 18.4. The van der Waals surface area contributed by atoms with E-state index in [1.54, 1.807) is 32.5 Å². The van der Waals surface area contributed by atoms with E-state index in [4.69, 9.17) is 4.74 Å². The number of carbonyl (C=O) groups excluding carboxylic acids is 2. The van der Waals surface area contributed by atoms with E-state index in [0.29, 0.717) is 0 Å². The second-order valence-electron chi connectivity index (χ2n) is 8.35. The zero-order chi connectivity index (χ0) is 20.6. The zero-order valence-electron chi connectivity index (χ0n) is 17.5. The standard InChI is InChI=1S/C21H34N2O3S/c1-14(2)17(13-27-16-11-9-8-10-12-16)22-19(24)18(15(3)4)23-20(25)26-21(5,6)7/h8-12,14-15,17-18H,13H2,1-7H3,(H,22,24)(H,23,25)/t17-,18+/m1/s1. The minimum absolute atomic E-state index is 0.00407. The van der Waals surface area contributed by atoms with E-state index in [0.717, 1.165) is 5.75 Å². The molecule has 2 N–H and O–H groups in total. The summed E-state index contributed by atoms with van der Waals surface area (Å²) in [4.78, 5) is 26.1. The second kappa shape index (κ2) is 10.6. The Balaban J connectivity index is 2.71. The second-order valence-corrected chi connectivity index (χ2v) is 9.44. The van der Waals surface area contributed by atoms with Gasteiger partial charge in [0.25, 0.3) is 0 Å². The number of hydrogen-bond acceptors (Lipinski definition) is 4. The minimum atomic E-state index is -0.636. The van der Waals surface area contributed by atoms with Crippen molar-refractivity contribution in [2.24, 2.45) is 11.8 Å². The molecule has 2 amide bonds. The van der Waals surface area contributed by atoms with Crippen LogP contribution in [0.25, 0.3) is 0 Å². The summed E-state index contributed by atoms with van der Waals surface area (Å²) in [6.07, 6.45) is -0.573. The molecule has 27 heavy (non-hydrogen) atoms. The van der Waals surface area contributed by atoms with Crippen LogP contribution in [0.15, 0.2) is 35.2 Å². The lowest BCUT2D eigenvalue weighted by atomic mass is 10.0. The first kappa shape index (κ1) is 23.3. The molecule has 0 aliphatic heterocycles. The third kappa shape index (κ3) is 9.18. The number of hydrogen-bond donors (Lipinski definition) is 2. The van der Waals surface area contributed by atoms with E-state index in [1.165, 1.54) is 4.90 Å². The average molecular weight is 395 g/mol. The fourth-order valence-electron chi connectivity index (χ4n) is 2.35. The van der Waals surface area contributed by atoms with E-state index < -0.39 is 17.7 Å². The van der Waals surface area contributed by atoms with E-state index in [9.17, 15) is 9.59 Å². The van der Waals surface area contributed by atoms with E-state index in [1.807, 2.05) is 32.0 Å². The average Bonchev–Trinajstić information content (AvgIpc) is 2.55. The van der Waals surface area contributed by atoms with Crippen molar-refractivity contribution in [1.82, 2.24) is 10.6 Å². The maximum atomic E-state index is 12.8. The number of ether oxygens (including phenoxy) is 1. The fraction of sp³-hybridized carbons (Fsp3) is 0.619. The maximum absolute atomic E-state index is 12.8. The first-order valence-electron chi connectivity index (χ1n) is 9.47. The molecule has 0 fully saturated rings. The SMILES string of the molecule is CC(C)[C@H](NC(=O)OC(C)(C)C)C(=O)N[C@H](CSc1ccccc1)C(C)C. The predicted molar refractivity (Wildman–Crippen MR) is 112 cm³/mol. The fourth-order valence-corrected chi connectivity index (χ4v) is 3.54. The van der Waals surface area contributed by atoms with Crippen LogP contribution in [0.2, 0.25) is 0 Å². The van der Waals surface area contributed by atoms with Gasteiger partial charge in [-0.3, -0.25) is 4.79 Å². The number of alkyl carbamates (subject to hydrolysis) is 1. The van der Waals surface area contributed by atoms with Gasteiger partial charge in [-0.05, 0) is 44.7 Å². The van der Waals surface area contributed by atoms with Crippen LogP contribution in [0.3, 0.4) is 0 Å². The molecule has 0 aliphatic carbocycles. The Kier molecular flexibility index (Phi) is 9.16. The molecule has 5 nitrogen and oxygen atoms in total. The van der Waals surface area contributed by atoms with Gasteiger partial charge in [0.15, 0.2) is 0 Å². The van der Waals surface area contributed by atoms with Crippen LogP contribution in [0, 0.1) is 11.8 Å². The van der Waals surface area contributed by atoms with Gasteiger partial charge in [-0.25, -0.2) is 4.79 Å². The van der Waals surface area contributed by atoms with Crippen molar-refractivity contribution in [3.63, 3.8) is 0 Å². The van der Waals surface area contributed by atoms with E-state index in [2.05, 4.69) is 36.6 Å². The maximum Gasteiger partial charge on any atom is 0.408 e. The highest BCUT2D eigenvalue weighted by Gasteiger charge is 2.29. The molecule has 1 aromatic rings. The van der Waals surface area contributed by atoms with Crippen LogP contribution in [0.4, 0.5) is 4.79 Å². The summed E-state index contributed by atoms with van der Waals surface area (Å²) >= 11 is 1.71. The van der Waals surface area contributed by atoms with Gasteiger partial charge >= 0.3 is 6.09 Å². The Hall–Kier alpha value is -1.69. The first-order chi connectivity index (χ1) is 12.5. The lowest BCUT2D eigenvalue weighted by molar-refractivity contribution is -0.125. The van der Waals surface area contributed by atoms with Gasteiger partial charge in [0, 0.05) is 16.7 Å². The summed E-state index contributed by atoms with van der Waals surface area (Å²) in [5.74, 6) is 0.819. The third-order valence-electron chi connectivity index (χ3n) is 3.93. The summed E-state index contributed by atoms with van der Waals surface area (Å²) in [6.45, 7) is 13.4. The number of nitrogens with one attached hydrogen (secondary N) is 2. The van der Waals surface area contributed by atoms with Gasteiger partial charge in [0.2, 0.25) is 5.91 Å². The van der Waals surface area contributed by atoms with Crippen molar-refractivity contribution in [2.45, 2.75) is 71.0 Å². The molecule has 0 aliphatic rings. The highest BCUT2D eigenvalue weighted by Crippen LogP contribution is 2.20. The van der Waals surface area contributed by atoms with Crippen molar-refractivity contribution in [3.8, 4) is 0 Å². The lowest BCUT2D eigenvalue weighted by Gasteiger charge is -2.28. The minimum Gasteiger partial charge on any atom is -0.444 e. The summed E-state index contributed by atoms with van der Waals surface area (Å²) in [7, 11) is 0. The molecule has 6 heteroatoms. The highest BCUT2D eigenvalue weighted by atomic mass is 32.2.